The summed E-state index contributed by atoms with van der Waals surface area (Å²) < 4.78 is 0. The second kappa shape index (κ2) is 5.90. The molecule has 0 amide bonds. The van der Waals surface area contributed by atoms with Crippen LogP contribution < -0.4 is 5.32 Å². The molecule has 3 rings (SSSR count). The number of nitrogens with zero attached hydrogens (tertiary/aromatic N) is 1. The third kappa shape index (κ3) is 3.00. The summed E-state index contributed by atoms with van der Waals surface area (Å²) >= 11 is 0. The minimum atomic E-state index is 0.656. The summed E-state index contributed by atoms with van der Waals surface area (Å²) in [6.07, 6.45) is 6.44. The zero-order chi connectivity index (χ0) is 13.9. The van der Waals surface area contributed by atoms with Crippen molar-refractivity contribution in [3.63, 3.8) is 0 Å². The van der Waals surface area contributed by atoms with Gasteiger partial charge in [0.05, 0.1) is 0 Å². The van der Waals surface area contributed by atoms with Crippen molar-refractivity contribution in [2.75, 3.05) is 18.4 Å². The summed E-state index contributed by atoms with van der Waals surface area (Å²) in [6, 6.07) is 9.02. The van der Waals surface area contributed by atoms with Gasteiger partial charge in [0.25, 0.3) is 0 Å². The Morgan fingerprint density at radius 2 is 1.80 bits per heavy atom. The Hall–Kier alpha value is -1.44. The van der Waals surface area contributed by atoms with E-state index in [0.717, 1.165) is 0 Å². The molecule has 1 unspecified atom stereocenters. The van der Waals surface area contributed by atoms with Gasteiger partial charge >= 0.3 is 0 Å². The van der Waals surface area contributed by atoms with Crippen LogP contribution in [0.3, 0.4) is 0 Å². The number of rotatable bonds is 5. The van der Waals surface area contributed by atoms with Crippen molar-refractivity contribution in [3.05, 3.63) is 41.2 Å². The number of allylic oxidation sites excluding steroid dienone is 1. The summed E-state index contributed by atoms with van der Waals surface area (Å²) in [5, 5.41) is 3.67. The number of benzene rings is 1. The number of hydrogen-bond donors (Lipinski definition) is 1. The standard InChI is InChI=1S/C18H26N2/c1-3-14(2)15-8-10-17(11-9-15)19-18(16-6-7-16)20-12-4-5-13-20/h8-11,14,19H,3-7,12-13H2,1-2H3. The lowest BCUT2D eigenvalue weighted by Crippen LogP contribution is -2.24. The van der Waals surface area contributed by atoms with Crippen LogP contribution in [0.4, 0.5) is 5.69 Å². The van der Waals surface area contributed by atoms with Gasteiger partial charge in [0.1, 0.15) is 5.82 Å². The predicted molar refractivity (Wildman–Crippen MR) is 85.8 cm³/mol. The smallest absolute Gasteiger partial charge is 0.105 e. The van der Waals surface area contributed by atoms with Gasteiger partial charge in [0, 0.05) is 18.8 Å². The number of nitrogens with one attached hydrogen (secondary N) is 1. The molecule has 1 saturated carbocycles. The molecule has 2 heteroatoms. The van der Waals surface area contributed by atoms with Crippen molar-refractivity contribution in [2.45, 2.75) is 51.9 Å². The van der Waals surface area contributed by atoms with Crippen molar-refractivity contribution >= 4 is 5.69 Å². The zero-order valence-corrected chi connectivity index (χ0v) is 12.8. The van der Waals surface area contributed by atoms with Crippen LogP contribution in [0.25, 0.3) is 0 Å². The third-order valence-corrected chi connectivity index (χ3v) is 4.61. The fraction of sp³-hybridized carbons (Fsp3) is 0.556. The summed E-state index contributed by atoms with van der Waals surface area (Å²) in [7, 11) is 0. The molecule has 1 heterocycles. The van der Waals surface area contributed by atoms with E-state index in [0.29, 0.717) is 5.92 Å². The van der Waals surface area contributed by atoms with Crippen LogP contribution in [0.15, 0.2) is 35.7 Å². The Morgan fingerprint density at radius 1 is 1.15 bits per heavy atom. The highest BCUT2D eigenvalue weighted by Gasteiger charge is 2.24. The van der Waals surface area contributed by atoms with Crippen LogP contribution in [-0.4, -0.2) is 18.0 Å². The highest BCUT2D eigenvalue weighted by Crippen LogP contribution is 2.35. The van der Waals surface area contributed by atoms with E-state index in [1.54, 1.807) is 5.57 Å². The summed E-state index contributed by atoms with van der Waals surface area (Å²) in [5.41, 5.74) is 4.29. The Morgan fingerprint density at radius 3 is 2.35 bits per heavy atom. The normalized spacial score (nSPS) is 19.1. The molecule has 0 radical (unpaired) electrons. The van der Waals surface area contributed by atoms with Gasteiger partial charge in [0.2, 0.25) is 0 Å². The fourth-order valence-electron chi connectivity index (χ4n) is 2.90. The molecule has 2 nitrogen and oxygen atoms in total. The molecule has 1 aromatic rings. The first-order valence-electron chi connectivity index (χ1n) is 8.12. The Balaban J connectivity index is 1.71. The van der Waals surface area contributed by atoms with Gasteiger partial charge in [-0.3, -0.25) is 0 Å². The first-order chi connectivity index (χ1) is 9.78. The molecule has 1 aliphatic carbocycles. The van der Waals surface area contributed by atoms with E-state index in [4.69, 9.17) is 0 Å². The maximum absolute atomic E-state index is 3.67. The minimum Gasteiger partial charge on any atom is -0.358 e. The lowest BCUT2D eigenvalue weighted by Gasteiger charge is -2.23. The molecule has 20 heavy (non-hydrogen) atoms. The quantitative estimate of drug-likeness (QED) is 0.833. The van der Waals surface area contributed by atoms with Crippen molar-refractivity contribution in [3.8, 4) is 0 Å². The molecule has 0 spiro atoms. The van der Waals surface area contributed by atoms with Crippen molar-refractivity contribution in [1.29, 1.82) is 0 Å². The van der Waals surface area contributed by atoms with E-state index in [1.165, 1.54) is 62.3 Å². The van der Waals surface area contributed by atoms with Crippen LogP contribution in [0.1, 0.15) is 57.4 Å². The van der Waals surface area contributed by atoms with E-state index in [2.05, 4.69) is 48.3 Å². The first-order valence-corrected chi connectivity index (χ1v) is 8.12. The average Bonchev–Trinajstić information content (AvgIpc) is 3.19. The van der Waals surface area contributed by atoms with Crippen LogP contribution >= 0.6 is 0 Å². The lowest BCUT2D eigenvalue weighted by molar-refractivity contribution is 0.429. The Labute approximate surface area is 122 Å². The fourth-order valence-corrected chi connectivity index (χ4v) is 2.90. The van der Waals surface area contributed by atoms with E-state index in [-0.39, 0.29) is 0 Å². The highest BCUT2D eigenvalue weighted by molar-refractivity contribution is 5.51. The molecule has 2 fully saturated rings. The van der Waals surface area contributed by atoms with Crippen molar-refractivity contribution in [1.82, 2.24) is 4.90 Å². The summed E-state index contributed by atoms with van der Waals surface area (Å²) in [4.78, 5) is 2.53. The highest BCUT2D eigenvalue weighted by atomic mass is 15.3. The van der Waals surface area contributed by atoms with E-state index < -0.39 is 0 Å². The SMILES string of the molecule is CCC(C)c1ccc(NC(=C2CC2)N2CCCC2)cc1. The Bertz CT molecular complexity index is 475. The maximum atomic E-state index is 3.67. The van der Waals surface area contributed by atoms with Gasteiger partial charge in [-0.2, -0.15) is 0 Å². The van der Waals surface area contributed by atoms with Crippen molar-refractivity contribution < 1.29 is 0 Å². The molecular weight excluding hydrogens is 244 g/mol. The molecule has 1 atom stereocenters. The lowest BCUT2D eigenvalue weighted by atomic mass is 9.99. The van der Waals surface area contributed by atoms with Gasteiger partial charge in [-0.05, 0) is 61.3 Å². The zero-order valence-electron chi connectivity index (χ0n) is 12.8. The van der Waals surface area contributed by atoms with Gasteiger partial charge in [-0.15, -0.1) is 0 Å². The van der Waals surface area contributed by atoms with Crippen LogP contribution in [0.5, 0.6) is 0 Å². The van der Waals surface area contributed by atoms with Gasteiger partial charge in [-0.1, -0.05) is 26.0 Å². The summed E-state index contributed by atoms with van der Waals surface area (Å²) in [5.74, 6) is 2.06. The van der Waals surface area contributed by atoms with Crippen LogP contribution in [-0.2, 0) is 0 Å². The number of likely N-dealkylation sites (tertiary alicyclic amines) is 1. The van der Waals surface area contributed by atoms with Crippen molar-refractivity contribution in [2.24, 2.45) is 0 Å². The second-order valence-corrected chi connectivity index (χ2v) is 6.20. The molecular formula is C18H26N2. The summed E-state index contributed by atoms with van der Waals surface area (Å²) in [6.45, 7) is 6.98. The molecule has 1 N–H and O–H groups in total. The topological polar surface area (TPSA) is 15.3 Å². The molecule has 2 aliphatic rings. The van der Waals surface area contributed by atoms with Gasteiger partial charge < -0.3 is 10.2 Å². The van der Waals surface area contributed by atoms with Gasteiger partial charge in [-0.25, -0.2) is 0 Å². The minimum absolute atomic E-state index is 0.656. The predicted octanol–water partition coefficient (Wildman–Crippen LogP) is 4.71. The second-order valence-electron chi connectivity index (χ2n) is 6.20. The molecule has 1 aliphatic heterocycles. The monoisotopic (exact) mass is 270 g/mol. The van der Waals surface area contributed by atoms with E-state index >= 15 is 0 Å². The van der Waals surface area contributed by atoms with Crippen LogP contribution in [0.2, 0.25) is 0 Å². The number of hydrogen-bond acceptors (Lipinski definition) is 2. The molecule has 0 aromatic heterocycles. The maximum Gasteiger partial charge on any atom is 0.105 e. The van der Waals surface area contributed by atoms with E-state index in [9.17, 15) is 0 Å². The molecule has 1 saturated heterocycles. The van der Waals surface area contributed by atoms with Gasteiger partial charge in [0.15, 0.2) is 0 Å². The van der Waals surface area contributed by atoms with E-state index in [1.807, 2.05) is 0 Å². The number of anilines is 1. The largest absolute Gasteiger partial charge is 0.358 e. The molecule has 0 bridgehead atoms. The molecule has 108 valence electrons. The van der Waals surface area contributed by atoms with Crippen LogP contribution in [0, 0.1) is 0 Å². The molecule has 1 aromatic carbocycles. The Kier molecular flexibility index (Phi) is 4.00. The third-order valence-electron chi connectivity index (χ3n) is 4.61. The first kappa shape index (κ1) is 13.5. The average molecular weight is 270 g/mol.